The van der Waals surface area contributed by atoms with Crippen molar-refractivity contribution in [2.24, 2.45) is 23.2 Å². The number of fused-ring (bicyclic) bond motifs is 5. The van der Waals surface area contributed by atoms with Gasteiger partial charge in [-0.15, -0.1) is 13.2 Å². The van der Waals surface area contributed by atoms with Crippen molar-refractivity contribution >= 4 is 29.0 Å². The lowest BCUT2D eigenvalue weighted by atomic mass is 9.85. The molecule has 1 aliphatic carbocycles. The van der Waals surface area contributed by atoms with Gasteiger partial charge < -0.3 is 29.2 Å². The van der Waals surface area contributed by atoms with Crippen molar-refractivity contribution in [3.63, 3.8) is 0 Å². The number of hydrogen-bond acceptors (Lipinski definition) is 9. The van der Waals surface area contributed by atoms with E-state index in [1.165, 1.54) is 11.0 Å². The van der Waals surface area contributed by atoms with Crippen molar-refractivity contribution < 1.29 is 55.3 Å². The molecule has 280 valence electrons. The van der Waals surface area contributed by atoms with Crippen LogP contribution >= 0.6 is 0 Å². The van der Waals surface area contributed by atoms with E-state index in [9.17, 15) is 27.6 Å². The van der Waals surface area contributed by atoms with Crippen LogP contribution < -0.4 is 14.8 Å². The zero-order chi connectivity index (χ0) is 37.5. The lowest BCUT2D eigenvalue weighted by Crippen LogP contribution is -2.57. The van der Waals surface area contributed by atoms with Crippen molar-refractivity contribution in [1.82, 2.24) is 20.2 Å². The third kappa shape index (κ3) is 8.98. The maximum absolute atomic E-state index is 16.0. The first-order valence-corrected chi connectivity index (χ1v) is 17.0. The van der Waals surface area contributed by atoms with Crippen LogP contribution in [0.2, 0.25) is 0 Å². The lowest BCUT2D eigenvalue weighted by Gasteiger charge is -2.35. The second kappa shape index (κ2) is 14.4. The monoisotopic (exact) mass is 726 g/mol. The first-order chi connectivity index (χ1) is 23.8. The van der Waals surface area contributed by atoms with Crippen LogP contribution in [0.1, 0.15) is 72.9 Å². The van der Waals surface area contributed by atoms with Crippen molar-refractivity contribution in [1.29, 1.82) is 0 Å². The average molecular weight is 727 g/mol. The first kappa shape index (κ1) is 38.0. The number of nitrogens with zero attached hydrogens (tertiary/aromatic N) is 3. The van der Waals surface area contributed by atoms with Crippen LogP contribution in [0.5, 0.6) is 11.6 Å². The topological polar surface area (TPSA) is 129 Å². The first-order valence-electron chi connectivity index (χ1n) is 17.0. The molecule has 1 N–H and O–H groups in total. The molecule has 0 spiro atoms. The Morgan fingerprint density at radius 2 is 1.82 bits per heavy atom. The van der Waals surface area contributed by atoms with Gasteiger partial charge in [-0.3, -0.25) is 4.79 Å². The molecule has 2 aromatic rings. The molecule has 11 nitrogen and oxygen atoms in total. The number of alkyl carbamates (subject to hydrolysis) is 1. The Hall–Kier alpha value is -4.24. The molecule has 2 fully saturated rings. The zero-order valence-corrected chi connectivity index (χ0v) is 29.3. The Morgan fingerprint density at radius 3 is 2.47 bits per heavy atom. The molecule has 1 saturated carbocycles. The number of nitrogens with one attached hydrogen (secondary N) is 1. The Bertz CT molecular complexity index is 1660. The Labute approximate surface area is 292 Å². The summed E-state index contributed by atoms with van der Waals surface area (Å²) >= 11 is 0. The smallest absolute Gasteiger partial charge is 0.471 e. The van der Waals surface area contributed by atoms with E-state index in [2.05, 4.69) is 20.0 Å². The summed E-state index contributed by atoms with van der Waals surface area (Å²) in [5.41, 5.74) is -2.14. The normalized spacial score (nSPS) is 27.6. The highest BCUT2D eigenvalue weighted by Crippen LogP contribution is 2.41. The number of ether oxygens (including phenoxy) is 4. The Morgan fingerprint density at radius 1 is 1.10 bits per heavy atom. The fraction of sp³-hybridized carbons (Fsp3) is 0.629. The molecule has 3 aliphatic rings. The molecule has 1 aromatic carbocycles. The van der Waals surface area contributed by atoms with Gasteiger partial charge in [0.1, 0.15) is 30.0 Å². The van der Waals surface area contributed by atoms with E-state index in [0.717, 1.165) is 18.2 Å². The quantitative estimate of drug-likeness (QED) is 0.204. The molecule has 0 unspecified atom stereocenters. The van der Waals surface area contributed by atoms with Crippen LogP contribution in [-0.4, -0.2) is 76.6 Å². The van der Waals surface area contributed by atoms with E-state index in [1.807, 2.05) is 13.8 Å². The van der Waals surface area contributed by atoms with Gasteiger partial charge >= 0.3 is 24.3 Å². The fourth-order valence-electron chi connectivity index (χ4n) is 6.40. The summed E-state index contributed by atoms with van der Waals surface area (Å²) < 4.78 is 92.4. The van der Waals surface area contributed by atoms with E-state index in [0.29, 0.717) is 18.9 Å². The number of benzene rings is 1. The summed E-state index contributed by atoms with van der Waals surface area (Å²) in [7, 11) is 0. The summed E-state index contributed by atoms with van der Waals surface area (Å²) in [6.45, 7) is 10.3. The summed E-state index contributed by atoms with van der Waals surface area (Å²) in [6, 6.07) is 0.499. The molecule has 1 aromatic heterocycles. The minimum atomic E-state index is -5.02. The average Bonchev–Trinajstić information content (AvgIpc) is 3.65. The van der Waals surface area contributed by atoms with Crippen LogP contribution in [0, 0.1) is 23.2 Å². The van der Waals surface area contributed by atoms with E-state index in [-0.39, 0.29) is 48.9 Å². The van der Waals surface area contributed by atoms with Crippen molar-refractivity contribution in [2.75, 3.05) is 13.2 Å². The van der Waals surface area contributed by atoms with Gasteiger partial charge in [-0.05, 0) is 61.1 Å². The van der Waals surface area contributed by atoms with Gasteiger partial charge in [0.2, 0.25) is 11.8 Å². The number of hydrogen-bond donors (Lipinski definition) is 1. The van der Waals surface area contributed by atoms with Crippen molar-refractivity contribution in [2.45, 2.75) is 104 Å². The SMILES string of the molecule is CC[C@@H]1[C@@H]2CN(C(=O)[C@H](C(C)(C)C)NC(=O)O[C@@H]3C[C@H]3CC/C=C/C(F)(F)c3nc4ccc(OC(F)(F)F)cc4nc3O2)[C@@H]1C(=O)OCC(C)C. The van der Waals surface area contributed by atoms with Crippen LogP contribution in [0.25, 0.3) is 11.0 Å². The molecule has 6 atom stereocenters. The predicted octanol–water partition coefficient (Wildman–Crippen LogP) is 6.68. The number of halogens is 5. The summed E-state index contributed by atoms with van der Waals surface area (Å²) in [5.74, 6) is -7.42. The molecule has 1 saturated heterocycles. The molecule has 16 heteroatoms. The number of allylic oxidation sites excluding steroid dienone is 2. The van der Waals surface area contributed by atoms with E-state index < -0.39 is 83.2 Å². The highest BCUT2D eigenvalue weighted by Gasteiger charge is 2.53. The number of aromatic nitrogens is 2. The predicted molar refractivity (Wildman–Crippen MR) is 173 cm³/mol. The van der Waals surface area contributed by atoms with E-state index in [1.54, 1.807) is 27.7 Å². The highest BCUT2D eigenvalue weighted by molar-refractivity contribution is 5.91. The van der Waals surface area contributed by atoms with Gasteiger partial charge in [0.05, 0.1) is 24.2 Å². The summed E-state index contributed by atoms with van der Waals surface area (Å²) in [6.07, 6.45) is -4.11. The van der Waals surface area contributed by atoms with Gasteiger partial charge in [0.15, 0.2) is 5.69 Å². The molecule has 5 rings (SSSR count). The van der Waals surface area contributed by atoms with Crippen LogP contribution in [0.4, 0.5) is 26.7 Å². The number of esters is 1. The van der Waals surface area contributed by atoms with Crippen molar-refractivity contribution in [3.05, 3.63) is 36.0 Å². The molecule has 0 radical (unpaired) electrons. The fourth-order valence-corrected chi connectivity index (χ4v) is 6.40. The molecule has 2 bridgehead atoms. The number of carbonyl (C=O) groups excluding carboxylic acids is 3. The second-order valence-electron chi connectivity index (χ2n) is 14.7. The minimum Gasteiger partial charge on any atom is -0.471 e. The zero-order valence-electron chi connectivity index (χ0n) is 29.3. The van der Waals surface area contributed by atoms with E-state index in [4.69, 9.17) is 14.2 Å². The number of amides is 2. The standard InChI is InChI=1S/C35H43F5N4O7/c1-7-21-25-16-44(26(21)31(46)48-17-18(2)3)30(45)28(33(4,5)6)43-32(47)50-24-14-19(24)10-8-9-13-34(36,37)27-29(49-25)42-23-15-20(51-35(38,39)40)11-12-22(23)41-27/h9,11-13,15,18-19,21,24-26,28H,7-8,10,14,16-17H2,1-6H3,(H,43,47)/b13-9+/t19-,21-,24-,25+,26+,28-/m1/s1. The van der Waals surface area contributed by atoms with Gasteiger partial charge in [0, 0.05) is 12.0 Å². The number of alkyl halides is 5. The van der Waals surface area contributed by atoms with Crippen LogP contribution in [0.15, 0.2) is 30.4 Å². The van der Waals surface area contributed by atoms with Gasteiger partial charge in [-0.1, -0.05) is 47.6 Å². The van der Waals surface area contributed by atoms with Crippen LogP contribution in [0.3, 0.4) is 0 Å². The molecular formula is C35H43F5N4O7. The van der Waals surface area contributed by atoms with Crippen molar-refractivity contribution in [3.8, 4) is 11.6 Å². The lowest BCUT2D eigenvalue weighted by molar-refractivity contribution is -0.274. The number of carbonyl (C=O) groups is 3. The van der Waals surface area contributed by atoms with E-state index >= 15 is 8.78 Å². The molecule has 2 amide bonds. The van der Waals surface area contributed by atoms with Crippen LogP contribution in [-0.2, 0) is 25.0 Å². The molecular weight excluding hydrogens is 683 g/mol. The summed E-state index contributed by atoms with van der Waals surface area (Å²) in [4.78, 5) is 50.7. The third-order valence-corrected chi connectivity index (χ3v) is 9.09. The third-order valence-electron chi connectivity index (χ3n) is 9.09. The highest BCUT2D eigenvalue weighted by atomic mass is 19.4. The maximum Gasteiger partial charge on any atom is 0.573 e. The van der Waals surface area contributed by atoms with Gasteiger partial charge in [-0.25, -0.2) is 19.6 Å². The molecule has 51 heavy (non-hydrogen) atoms. The molecule has 3 heterocycles. The summed E-state index contributed by atoms with van der Waals surface area (Å²) in [5, 5.41) is 2.69. The van der Waals surface area contributed by atoms with Gasteiger partial charge in [0.25, 0.3) is 0 Å². The van der Waals surface area contributed by atoms with Gasteiger partial charge in [-0.2, -0.15) is 8.78 Å². The Kier molecular flexibility index (Phi) is 10.7. The number of rotatable bonds is 5. The maximum atomic E-state index is 16.0. The molecule has 2 aliphatic heterocycles. The Balaban J connectivity index is 1.63. The second-order valence-corrected chi connectivity index (χ2v) is 14.7. The minimum absolute atomic E-state index is 0.0380. The largest absolute Gasteiger partial charge is 0.573 e.